The lowest BCUT2D eigenvalue weighted by Gasteiger charge is -2.29. The van der Waals surface area contributed by atoms with E-state index in [0.717, 1.165) is 32.1 Å². The summed E-state index contributed by atoms with van der Waals surface area (Å²) in [5.74, 6) is -1.48. The van der Waals surface area contributed by atoms with E-state index in [1.165, 1.54) is 14.2 Å². The number of hydrogen-bond acceptors (Lipinski definition) is 6. The third-order valence-electron chi connectivity index (χ3n) is 5.01. The van der Waals surface area contributed by atoms with Gasteiger partial charge in [-0.2, -0.15) is 10.5 Å². The molecule has 1 saturated carbocycles. The molecule has 0 radical (unpaired) electrons. The lowest BCUT2D eigenvalue weighted by atomic mass is 9.94. The maximum absolute atomic E-state index is 9.76. The Bertz CT molecular complexity index is 529. The summed E-state index contributed by atoms with van der Waals surface area (Å²) in [6.45, 7) is 2.14. The van der Waals surface area contributed by atoms with Gasteiger partial charge < -0.3 is 15.2 Å². The van der Waals surface area contributed by atoms with Crippen LogP contribution in [0.1, 0.15) is 39.0 Å². The minimum absolute atomic E-state index is 0.163. The molecule has 114 valence electrons. The molecule has 0 unspecified atom stereocenters. The highest BCUT2D eigenvalue weighted by molar-refractivity contribution is 5.98. The van der Waals surface area contributed by atoms with Gasteiger partial charge in [-0.05, 0) is 6.42 Å². The molecule has 3 atom stereocenters. The van der Waals surface area contributed by atoms with Crippen LogP contribution in [-0.4, -0.2) is 26.0 Å². The fourth-order valence-electron chi connectivity index (χ4n) is 3.90. The molecule has 0 spiro atoms. The molecule has 2 N–H and O–H groups in total. The van der Waals surface area contributed by atoms with Gasteiger partial charge in [0.05, 0.1) is 12.1 Å². The zero-order chi connectivity index (χ0) is 15.7. The van der Waals surface area contributed by atoms with Gasteiger partial charge in [-0.1, -0.05) is 32.6 Å². The Morgan fingerprint density at radius 3 is 2.33 bits per heavy atom. The molecular weight excluding hydrogens is 268 g/mol. The first-order valence-corrected chi connectivity index (χ1v) is 7.35. The number of methoxy groups -OCH3 is 2. The van der Waals surface area contributed by atoms with Crippen molar-refractivity contribution in [3.05, 3.63) is 0 Å². The van der Waals surface area contributed by atoms with Crippen LogP contribution in [0, 0.1) is 39.4 Å². The maximum atomic E-state index is 9.76. The van der Waals surface area contributed by atoms with Crippen LogP contribution in [0.4, 0.5) is 0 Å². The van der Waals surface area contributed by atoms with Crippen molar-refractivity contribution < 1.29 is 9.47 Å². The van der Waals surface area contributed by atoms with Crippen molar-refractivity contribution in [2.45, 2.75) is 44.9 Å². The smallest absolute Gasteiger partial charge is 0.292 e. The molecule has 1 heterocycles. The number of nitriles is 2. The summed E-state index contributed by atoms with van der Waals surface area (Å²) in [5, 5.41) is 19.4. The highest BCUT2D eigenvalue weighted by Crippen LogP contribution is 2.79. The number of nitrogens with zero attached hydrogens (tertiary/aromatic N) is 3. The Kier molecular flexibility index (Phi) is 3.97. The highest BCUT2D eigenvalue weighted by Gasteiger charge is 2.92. The van der Waals surface area contributed by atoms with E-state index in [-0.39, 0.29) is 11.8 Å². The average molecular weight is 290 g/mol. The lowest BCUT2D eigenvalue weighted by Crippen LogP contribution is -2.41. The van der Waals surface area contributed by atoms with E-state index in [4.69, 9.17) is 15.2 Å². The highest BCUT2D eigenvalue weighted by atomic mass is 16.7. The maximum Gasteiger partial charge on any atom is 0.292 e. The quantitative estimate of drug-likeness (QED) is 0.569. The van der Waals surface area contributed by atoms with Crippen LogP contribution >= 0.6 is 0 Å². The number of nitrogens with two attached hydrogens (primary N) is 1. The van der Waals surface area contributed by atoms with E-state index in [2.05, 4.69) is 24.1 Å². The van der Waals surface area contributed by atoms with Gasteiger partial charge in [0.25, 0.3) is 5.91 Å². The molecule has 6 heteroatoms. The van der Waals surface area contributed by atoms with E-state index >= 15 is 0 Å². The van der Waals surface area contributed by atoms with E-state index in [1.54, 1.807) is 0 Å². The van der Waals surface area contributed by atoms with E-state index < -0.39 is 16.7 Å². The zero-order valence-electron chi connectivity index (χ0n) is 12.8. The fraction of sp³-hybridized carbons (Fsp3) is 0.800. The summed E-state index contributed by atoms with van der Waals surface area (Å²) in [6, 6.07) is 4.49. The van der Waals surface area contributed by atoms with E-state index in [0.29, 0.717) is 0 Å². The summed E-state index contributed by atoms with van der Waals surface area (Å²) >= 11 is 0. The summed E-state index contributed by atoms with van der Waals surface area (Å²) in [6.07, 6.45) is 5.09. The number of ether oxygens (including phenoxy) is 2. The molecule has 2 rings (SSSR count). The lowest BCUT2D eigenvalue weighted by molar-refractivity contribution is -0.232. The topological polar surface area (TPSA) is 104 Å². The Balaban J connectivity index is 2.32. The number of aliphatic imine (C=N–C) groups is 1. The Hall–Kier alpha value is -1.63. The first-order chi connectivity index (χ1) is 10.1. The van der Waals surface area contributed by atoms with Gasteiger partial charge in [-0.15, -0.1) is 0 Å². The molecule has 1 aliphatic carbocycles. The van der Waals surface area contributed by atoms with Crippen molar-refractivity contribution in [3.63, 3.8) is 0 Å². The Morgan fingerprint density at radius 1 is 1.19 bits per heavy atom. The third-order valence-corrected chi connectivity index (χ3v) is 5.01. The minimum Gasteiger partial charge on any atom is -0.386 e. The summed E-state index contributed by atoms with van der Waals surface area (Å²) < 4.78 is 10.8. The van der Waals surface area contributed by atoms with E-state index in [9.17, 15) is 10.5 Å². The molecular formula is C15H22N4O2. The van der Waals surface area contributed by atoms with Crippen LogP contribution in [0.15, 0.2) is 4.99 Å². The van der Waals surface area contributed by atoms with Gasteiger partial charge in [-0.25, -0.2) is 4.99 Å². The van der Waals surface area contributed by atoms with Crippen LogP contribution in [0.3, 0.4) is 0 Å². The van der Waals surface area contributed by atoms with Crippen molar-refractivity contribution in [2.24, 2.45) is 27.5 Å². The minimum atomic E-state index is -1.46. The van der Waals surface area contributed by atoms with Crippen molar-refractivity contribution >= 4 is 5.84 Å². The molecule has 1 aliphatic heterocycles. The van der Waals surface area contributed by atoms with Gasteiger partial charge in [0.1, 0.15) is 11.3 Å². The van der Waals surface area contributed by atoms with Crippen molar-refractivity contribution in [1.29, 1.82) is 10.5 Å². The number of amidine groups is 1. The third kappa shape index (κ3) is 1.61. The molecule has 1 fully saturated rings. The van der Waals surface area contributed by atoms with E-state index in [1.807, 2.05) is 0 Å². The predicted molar refractivity (Wildman–Crippen MR) is 76.7 cm³/mol. The number of hydrogen-bond donors (Lipinski definition) is 1. The predicted octanol–water partition coefficient (Wildman–Crippen LogP) is 1.92. The summed E-state index contributed by atoms with van der Waals surface area (Å²) in [5.41, 5.74) is 3.79. The van der Waals surface area contributed by atoms with Crippen LogP contribution in [0.2, 0.25) is 0 Å². The molecule has 0 aromatic rings. The second kappa shape index (κ2) is 5.29. The van der Waals surface area contributed by atoms with Gasteiger partial charge in [0, 0.05) is 20.1 Å². The van der Waals surface area contributed by atoms with Crippen molar-refractivity contribution in [3.8, 4) is 12.1 Å². The fourth-order valence-corrected chi connectivity index (χ4v) is 3.90. The van der Waals surface area contributed by atoms with Gasteiger partial charge in [-0.3, -0.25) is 0 Å². The second-order valence-corrected chi connectivity index (χ2v) is 5.73. The summed E-state index contributed by atoms with van der Waals surface area (Å²) in [4.78, 5) is 4.17. The SMILES string of the molecule is CCCCCC[C@@H]1[C@]2(C#N)C(N)=NC(OC)(OC)[C@]12C#N. The monoisotopic (exact) mass is 290 g/mol. The molecule has 21 heavy (non-hydrogen) atoms. The van der Waals surface area contributed by atoms with Crippen LogP contribution in [-0.2, 0) is 9.47 Å². The molecule has 2 aliphatic rings. The number of rotatable bonds is 7. The molecule has 0 saturated heterocycles. The Morgan fingerprint density at radius 2 is 1.86 bits per heavy atom. The van der Waals surface area contributed by atoms with Gasteiger partial charge in [0.2, 0.25) is 0 Å². The zero-order valence-corrected chi connectivity index (χ0v) is 12.8. The standard InChI is InChI=1S/C15H22N4O2/c1-4-5-6-7-8-11-13(9-16)12(18)19-15(20-2,21-3)14(11,13)10-17/h11H,4-8H2,1-3H3,(H2,18,19)/t11-,13-,14-/m1/s1. The van der Waals surface area contributed by atoms with Crippen molar-refractivity contribution in [1.82, 2.24) is 0 Å². The largest absolute Gasteiger partial charge is 0.386 e. The van der Waals surface area contributed by atoms with Crippen molar-refractivity contribution in [2.75, 3.05) is 14.2 Å². The molecule has 0 amide bonds. The van der Waals surface area contributed by atoms with Crippen LogP contribution < -0.4 is 5.73 Å². The Labute approximate surface area is 125 Å². The van der Waals surface area contributed by atoms with Crippen LogP contribution in [0.5, 0.6) is 0 Å². The van der Waals surface area contributed by atoms with Gasteiger partial charge in [0.15, 0.2) is 5.41 Å². The first-order valence-electron chi connectivity index (χ1n) is 7.35. The molecule has 6 nitrogen and oxygen atoms in total. The number of unbranched alkanes of at least 4 members (excludes halogenated alkanes) is 3. The first kappa shape index (κ1) is 15.8. The van der Waals surface area contributed by atoms with Crippen LogP contribution in [0.25, 0.3) is 0 Å². The normalized spacial score (nSPS) is 35.5. The molecule has 0 bridgehead atoms. The molecule has 0 aromatic carbocycles. The summed E-state index contributed by atoms with van der Waals surface area (Å²) in [7, 11) is 2.86. The van der Waals surface area contributed by atoms with Gasteiger partial charge >= 0.3 is 0 Å². The molecule has 0 aromatic heterocycles. The second-order valence-electron chi connectivity index (χ2n) is 5.73. The average Bonchev–Trinajstić information content (AvgIpc) is 3.05. The number of fused-ring (bicyclic) bond motifs is 1.